The number of fused-ring (bicyclic) bond motifs is 1. The third-order valence-corrected chi connectivity index (χ3v) is 9.02. The van der Waals surface area contributed by atoms with Crippen molar-refractivity contribution in [3.8, 4) is 11.6 Å². The third kappa shape index (κ3) is 5.43. The molecule has 7 heteroatoms. The van der Waals surface area contributed by atoms with Crippen LogP contribution in [0.5, 0.6) is 11.6 Å². The summed E-state index contributed by atoms with van der Waals surface area (Å²) in [6.45, 7) is 0.509. The molecule has 3 heterocycles. The number of nitrogens with zero attached hydrogens (tertiary/aromatic N) is 3. The van der Waals surface area contributed by atoms with Crippen molar-refractivity contribution in [1.82, 2.24) is 14.0 Å². The molecule has 4 aromatic carbocycles. The van der Waals surface area contributed by atoms with Crippen molar-refractivity contribution in [1.29, 1.82) is 0 Å². The first-order chi connectivity index (χ1) is 22.1. The molecule has 0 spiro atoms. The summed E-state index contributed by atoms with van der Waals surface area (Å²) in [6, 6.07) is 43.5. The van der Waals surface area contributed by atoms with E-state index < -0.39 is 5.54 Å². The van der Waals surface area contributed by atoms with E-state index in [0.29, 0.717) is 24.3 Å². The molecule has 0 aliphatic heterocycles. The maximum atomic E-state index is 14.0. The largest absolute Gasteiger partial charge is 0.494 e. The molecule has 0 atom stereocenters. The number of ether oxygens (including phenoxy) is 1. The second-order valence-electron chi connectivity index (χ2n) is 10.9. The fourth-order valence-electron chi connectivity index (χ4n) is 6.01. The van der Waals surface area contributed by atoms with Gasteiger partial charge < -0.3 is 14.2 Å². The van der Waals surface area contributed by atoms with Crippen molar-refractivity contribution in [3.05, 3.63) is 188 Å². The van der Waals surface area contributed by atoms with E-state index in [4.69, 9.17) is 4.74 Å². The van der Waals surface area contributed by atoms with Crippen LogP contribution in [0.15, 0.2) is 151 Å². The van der Waals surface area contributed by atoms with Gasteiger partial charge in [-0.15, -0.1) is 0 Å². The van der Waals surface area contributed by atoms with Gasteiger partial charge in [0.2, 0.25) is 5.88 Å². The standard InChI is InChI=1S/C38H31N3O3S/c42-36-34(26-28-19-21-33(22-20-28)44-25-23-32-27-40-24-11-10-18-35(40)39-32)45-37(43)41(36)38(29-12-4-1-5-13-29,30-14-6-2-7-15-30)31-16-8-3-9-17-31/h1-22,24,27,42H,23,25-26H2. The Morgan fingerprint density at radius 1 is 0.733 bits per heavy atom. The lowest BCUT2D eigenvalue weighted by atomic mass is 9.76. The van der Waals surface area contributed by atoms with Crippen LogP contribution in [-0.2, 0) is 18.4 Å². The number of thiazole rings is 1. The summed E-state index contributed by atoms with van der Waals surface area (Å²) in [7, 11) is 0. The number of hydrogen-bond acceptors (Lipinski definition) is 5. The smallest absolute Gasteiger partial charge is 0.311 e. The van der Waals surface area contributed by atoms with Crippen LogP contribution in [0.25, 0.3) is 5.65 Å². The molecule has 6 nitrogen and oxygen atoms in total. The van der Waals surface area contributed by atoms with Crippen molar-refractivity contribution >= 4 is 17.0 Å². The minimum atomic E-state index is -1.07. The SMILES string of the molecule is O=c1sc(Cc2ccc(OCCc3cn4ccccc4n3)cc2)c(O)n1C(c1ccccc1)(c1ccccc1)c1ccccc1. The molecule has 0 radical (unpaired) electrons. The first-order valence-corrected chi connectivity index (χ1v) is 15.7. The van der Waals surface area contributed by atoms with Gasteiger partial charge >= 0.3 is 4.87 Å². The Hall–Kier alpha value is -5.40. The van der Waals surface area contributed by atoms with Gasteiger partial charge in [-0.2, -0.15) is 0 Å². The molecule has 0 saturated heterocycles. The van der Waals surface area contributed by atoms with Crippen molar-refractivity contribution in [2.75, 3.05) is 6.61 Å². The van der Waals surface area contributed by atoms with Gasteiger partial charge in [0, 0.05) is 25.2 Å². The number of aromatic nitrogens is 3. The average molecular weight is 610 g/mol. The Morgan fingerprint density at radius 2 is 1.31 bits per heavy atom. The minimum absolute atomic E-state index is 0.0330. The highest BCUT2D eigenvalue weighted by atomic mass is 32.1. The van der Waals surface area contributed by atoms with Gasteiger partial charge in [0.05, 0.1) is 17.2 Å². The molecule has 0 aliphatic rings. The van der Waals surface area contributed by atoms with E-state index in [-0.39, 0.29) is 10.8 Å². The predicted molar refractivity (Wildman–Crippen MR) is 178 cm³/mol. The Balaban J connectivity index is 1.18. The van der Waals surface area contributed by atoms with Gasteiger partial charge in [0.1, 0.15) is 16.9 Å². The van der Waals surface area contributed by atoms with Crippen LogP contribution >= 0.6 is 11.3 Å². The summed E-state index contributed by atoms with van der Waals surface area (Å²) in [5.74, 6) is 0.725. The van der Waals surface area contributed by atoms with Crippen molar-refractivity contribution in [2.45, 2.75) is 18.4 Å². The van der Waals surface area contributed by atoms with E-state index in [2.05, 4.69) is 4.98 Å². The lowest BCUT2D eigenvalue weighted by Gasteiger charge is -2.37. The molecule has 0 saturated carbocycles. The Labute approximate surface area is 265 Å². The van der Waals surface area contributed by atoms with E-state index in [9.17, 15) is 9.90 Å². The highest BCUT2D eigenvalue weighted by molar-refractivity contribution is 7.09. The Bertz CT molecular complexity index is 1950. The topological polar surface area (TPSA) is 68.8 Å². The number of pyridine rings is 1. The lowest BCUT2D eigenvalue weighted by Crippen LogP contribution is -2.42. The average Bonchev–Trinajstić information content (AvgIpc) is 3.63. The molecule has 0 amide bonds. The predicted octanol–water partition coefficient (Wildman–Crippen LogP) is 7.32. The summed E-state index contributed by atoms with van der Waals surface area (Å²) in [6.07, 6.45) is 5.12. The van der Waals surface area contributed by atoms with E-state index >= 15 is 0 Å². The maximum Gasteiger partial charge on any atom is 0.311 e. The lowest BCUT2D eigenvalue weighted by molar-refractivity contribution is 0.320. The number of benzene rings is 4. The van der Waals surface area contributed by atoms with Gasteiger partial charge in [0.25, 0.3) is 0 Å². The summed E-state index contributed by atoms with van der Waals surface area (Å²) < 4.78 is 9.56. The number of hydrogen-bond donors (Lipinski definition) is 1. The van der Waals surface area contributed by atoms with Crippen LogP contribution < -0.4 is 9.61 Å². The summed E-state index contributed by atoms with van der Waals surface area (Å²) in [4.78, 5) is 19.0. The maximum absolute atomic E-state index is 14.0. The number of rotatable bonds is 10. The zero-order chi connectivity index (χ0) is 30.6. The molecule has 0 bridgehead atoms. The second kappa shape index (κ2) is 12.3. The molecule has 0 fully saturated rings. The van der Waals surface area contributed by atoms with Crippen molar-refractivity contribution in [2.24, 2.45) is 0 Å². The third-order valence-electron chi connectivity index (χ3n) is 8.09. The summed E-state index contributed by atoms with van der Waals surface area (Å²) >= 11 is 1.08. The van der Waals surface area contributed by atoms with E-state index in [1.54, 1.807) is 4.57 Å². The molecule has 0 unspecified atom stereocenters. The molecule has 7 aromatic rings. The van der Waals surface area contributed by atoms with Crippen LogP contribution in [-0.4, -0.2) is 25.7 Å². The number of aromatic hydroxyl groups is 1. The monoisotopic (exact) mass is 609 g/mol. The van der Waals surface area contributed by atoms with Crippen LogP contribution in [0.1, 0.15) is 32.8 Å². The fraction of sp³-hybridized carbons (Fsp3) is 0.105. The van der Waals surface area contributed by atoms with Gasteiger partial charge in [-0.05, 0) is 46.5 Å². The Morgan fingerprint density at radius 3 is 1.89 bits per heavy atom. The summed E-state index contributed by atoms with van der Waals surface area (Å²) in [5.41, 5.74) is 4.45. The highest BCUT2D eigenvalue weighted by Gasteiger charge is 2.42. The zero-order valence-corrected chi connectivity index (χ0v) is 25.3. The highest BCUT2D eigenvalue weighted by Crippen LogP contribution is 2.43. The van der Waals surface area contributed by atoms with Crippen LogP contribution in [0.4, 0.5) is 0 Å². The molecular formula is C38H31N3O3S. The quantitative estimate of drug-likeness (QED) is 0.165. The number of imidazole rings is 1. The van der Waals surface area contributed by atoms with Crippen LogP contribution in [0, 0.1) is 0 Å². The minimum Gasteiger partial charge on any atom is -0.494 e. The first kappa shape index (κ1) is 28.4. The van der Waals surface area contributed by atoms with Gasteiger partial charge in [0.15, 0.2) is 0 Å². The summed E-state index contributed by atoms with van der Waals surface area (Å²) in [5, 5.41) is 11.9. The van der Waals surface area contributed by atoms with E-state index in [1.807, 2.05) is 150 Å². The second-order valence-corrected chi connectivity index (χ2v) is 11.9. The molecular weight excluding hydrogens is 579 g/mol. The molecule has 3 aromatic heterocycles. The normalized spacial score (nSPS) is 11.6. The molecule has 1 N–H and O–H groups in total. The van der Waals surface area contributed by atoms with Gasteiger partial charge in [-0.3, -0.25) is 9.36 Å². The fourth-order valence-corrected chi connectivity index (χ4v) is 6.96. The van der Waals surface area contributed by atoms with Gasteiger partial charge in [-0.25, -0.2) is 4.98 Å². The zero-order valence-electron chi connectivity index (χ0n) is 24.5. The van der Waals surface area contributed by atoms with E-state index in [0.717, 1.165) is 50.7 Å². The molecule has 45 heavy (non-hydrogen) atoms. The van der Waals surface area contributed by atoms with Crippen molar-refractivity contribution < 1.29 is 9.84 Å². The van der Waals surface area contributed by atoms with Crippen LogP contribution in [0.3, 0.4) is 0 Å². The Kier molecular flexibility index (Phi) is 7.76. The van der Waals surface area contributed by atoms with Crippen LogP contribution in [0.2, 0.25) is 0 Å². The van der Waals surface area contributed by atoms with Crippen molar-refractivity contribution in [3.63, 3.8) is 0 Å². The van der Waals surface area contributed by atoms with Gasteiger partial charge in [-0.1, -0.05) is 121 Å². The molecule has 7 rings (SSSR count). The van der Waals surface area contributed by atoms with E-state index in [1.165, 1.54) is 0 Å². The molecule has 0 aliphatic carbocycles. The first-order valence-electron chi connectivity index (χ1n) is 14.9. The molecule has 222 valence electrons.